The third-order valence-electron chi connectivity index (χ3n) is 3.72. The Hall–Kier alpha value is -1.26. The molecule has 1 rings (SSSR count). The maximum Gasteiger partial charge on any atom is 0.161 e. The molecule has 1 aromatic rings. The maximum atomic E-state index is 5.88. The number of nitrogens with two attached hydrogens (primary N) is 1. The summed E-state index contributed by atoms with van der Waals surface area (Å²) in [5.74, 6) is 1.93. The molecule has 0 radical (unpaired) electrons. The summed E-state index contributed by atoms with van der Waals surface area (Å²) in [7, 11) is 5.28. The normalized spacial score (nSPS) is 14.0. The van der Waals surface area contributed by atoms with Crippen molar-refractivity contribution in [3.8, 4) is 11.5 Å². The third-order valence-corrected chi connectivity index (χ3v) is 3.72. The average Bonchev–Trinajstić information content (AvgIpc) is 2.44. The van der Waals surface area contributed by atoms with E-state index in [1.807, 2.05) is 19.2 Å². The highest BCUT2D eigenvalue weighted by Crippen LogP contribution is 2.35. The molecule has 0 spiro atoms. The minimum atomic E-state index is 0.231. The van der Waals surface area contributed by atoms with E-state index in [1.54, 1.807) is 14.2 Å². The number of hydrogen-bond donors (Lipinski definition) is 2. The molecule has 0 fully saturated rings. The summed E-state index contributed by atoms with van der Waals surface area (Å²) < 4.78 is 10.7. The SMILES string of the molecule is CCC(CN)C(NC)c1cc(OC)c(OC)cc1C. The second-order valence-corrected chi connectivity index (χ2v) is 4.73. The van der Waals surface area contributed by atoms with E-state index >= 15 is 0 Å². The maximum absolute atomic E-state index is 5.88. The lowest BCUT2D eigenvalue weighted by Gasteiger charge is -2.27. The van der Waals surface area contributed by atoms with Crippen LogP contribution < -0.4 is 20.5 Å². The molecule has 0 aromatic heterocycles. The van der Waals surface area contributed by atoms with Crippen LogP contribution in [0.1, 0.15) is 30.5 Å². The lowest BCUT2D eigenvalue weighted by Crippen LogP contribution is -2.30. The van der Waals surface area contributed by atoms with Crippen LogP contribution in [0.3, 0.4) is 0 Å². The van der Waals surface area contributed by atoms with Crippen molar-refractivity contribution in [2.75, 3.05) is 27.8 Å². The predicted molar refractivity (Wildman–Crippen MR) is 78.9 cm³/mol. The van der Waals surface area contributed by atoms with Gasteiger partial charge in [-0.1, -0.05) is 13.3 Å². The van der Waals surface area contributed by atoms with Crippen LogP contribution >= 0.6 is 0 Å². The smallest absolute Gasteiger partial charge is 0.161 e. The van der Waals surface area contributed by atoms with Crippen LogP contribution in [0.4, 0.5) is 0 Å². The molecule has 0 aliphatic carbocycles. The number of ether oxygens (including phenoxy) is 2. The van der Waals surface area contributed by atoms with Crippen LogP contribution in [-0.2, 0) is 0 Å². The lowest BCUT2D eigenvalue weighted by atomic mass is 9.88. The summed E-state index contributed by atoms with van der Waals surface area (Å²) in [5, 5.41) is 3.37. The first-order valence-corrected chi connectivity index (χ1v) is 6.72. The van der Waals surface area contributed by atoms with E-state index in [1.165, 1.54) is 11.1 Å². The van der Waals surface area contributed by atoms with Crippen LogP contribution in [0.2, 0.25) is 0 Å². The standard InChI is InChI=1S/C15H26N2O2/c1-6-11(9-16)15(17-3)12-8-14(19-5)13(18-4)7-10(12)2/h7-8,11,15,17H,6,9,16H2,1-5H3. The predicted octanol–water partition coefficient (Wildman–Crippen LogP) is 2.26. The minimum Gasteiger partial charge on any atom is -0.493 e. The van der Waals surface area contributed by atoms with Gasteiger partial charge in [-0.05, 0) is 49.7 Å². The van der Waals surface area contributed by atoms with Gasteiger partial charge in [0.05, 0.1) is 14.2 Å². The van der Waals surface area contributed by atoms with E-state index in [-0.39, 0.29) is 6.04 Å². The summed E-state index contributed by atoms with van der Waals surface area (Å²) in [4.78, 5) is 0. The Kier molecular flexibility index (Phi) is 6.12. The molecule has 3 N–H and O–H groups in total. The van der Waals surface area contributed by atoms with Crippen LogP contribution in [0.25, 0.3) is 0 Å². The largest absolute Gasteiger partial charge is 0.493 e. The molecule has 19 heavy (non-hydrogen) atoms. The fourth-order valence-electron chi connectivity index (χ4n) is 2.51. The second-order valence-electron chi connectivity index (χ2n) is 4.73. The summed E-state index contributed by atoms with van der Waals surface area (Å²) in [6, 6.07) is 4.30. The number of aryl methyl sites for hydroxylation is 1. The van der Waals surface area contributed by atoms with Crippen LogP contribution in [0.15, 0.2) is 12.1 Å². The van der Waals surface area contributed by atoms with E-state index in [0.29, 0.717) is 12.5 Å². The topological polar surface area (TPSA) is 56.5 Å². The average molecular weight is 266 g/mol. The van der Waals surface area contributed by atoms with Crippen molar-refractivity contribution in [3.05, 3.63) is 23.3 Å². The van der Waals surface area contributed by atoms with Crippen LogP contribution in [0, 0.1) is 12.8 Å². The number of nitrogens with one attached hydrogen (secondary N) is 1. The van der Waals surface area contributed by atoms with E-state index in [2.05, 4.69) is 19.2 Å². The summed E-state index contributed by atoms with van der Waals surface area (Å²) in [6.45, 7) is 4.92. The zero-order valence-electron chi connectivity index (χ0n) is 12.6. The molecule has 2 atom stereocenters. The van der Waals surface area contributed by atoms with Gasteiger partial charge in [-0.2, -0.15) is 0 Å². The van der Waals surface area contributed by atoms with Crippen molar-refractivity contribution in [1.82, 2.24) is 5.32 Å². The van der Waals surface area contributed by atoms with Crippen molar-refractivity contribution in [2.45, 2.75) is 26.3 Å². The molecule has 0 saturated heterocycles. The number of benzene rings is 1. The van der Waals surface area contributed by atoms with E-state index in [0.717, 1.165) is 17.9 Å². The van der Waals surface area contributed by atoms with Gasteiger partial charge in [0.1, 0.15) is 0 Å². The summed E-state index contributed by atoms with van der Waals surface area (Å²) in [5.41, 5.74) is 8.28. The van der Waals surface area contributed by atoms with Crippen molar-refractivity contribution in [1.29, 1.82) is 0 Å². The van der Waals surface area contributed by atoms with Gasteiger partial charge in [0.15, 0.2) is 11.5 Å². The number of rotatable bonds is 7. The summed E-state index contributed by atoms with van der Waals surface area (Å²) >= 11 is 0. The fourth-order valence-corrected chi connectivity index (χ4v) is 2.51. The quantitative estimate of drug-likeness (QED) is 0.795. The fraction of sp³-hybridized carbons (Fsp3) is 0.600. The molecule has 2 unspecified atom stereocenters. The Morgan fingerprint density at radius 2 is 1.79 bits per heavy atom. The molecule has 108 valence electrons. The van der Waals surface area contributed by atoms with Crippen molar-refractivity contribution in [2.24, 2.45) is 11.7 Å². The highest BCUT2D eigenvalue weighted by atomic mass is 16.5. The molecule has 4 heteroatoms. The van der Waals surface area contributed by atoms with Crippen LogP contribution in [0.5, 0.6) is 11.5 Å². The molecule has 0 aliphatic heterocycles. The first-order chi connectivity index (χ1) is 9.12. The number of methoxy groups -OCH3 is 2. The van der Waals surface area contributed by atoms with Crippen molar-refractivity contribution < 1.29 is 9.47 Å². The van der Waals surface area contributed by atoms with Gasteiger partial charge in [0, 0.05) is 6.04 Å². The zero-order chi connectivity index (χ0) is 14.4. The Morgan fingerprint density at radius 3 is 2.21 bits per heavy atom. The molecule has 0 amide bonds. The van der Waals surface area contributed by atoms with Crippen molar-refractivity contribution in [3.63, 3.8) is 0 Å². The second kappa shape index (κ2) is 7.36. The van der Waals surface area contributed by atoms with Gasteiger partial charge in [0.25, 0.3) is 0 Å². The van der Waals surface area contributed by atoms with E-state index in [9.17, 15) is 0 Å². The molecule has 0 aliphatic rings. The number of hydrogen-bond acceptors (Lipinski definition) is 4. The molecule has 4 nitrogen and oxygen atoms in total. The Labute approximate surface area is 116 Å². The molecule has 0 bridgehead atoms. The van der Waals surface area contributed by atoms with Gasteiger partial charge in [-0.15, -0.1) is 0 Å². The Bertz CT molecular complexity index is 403. The highest BCUT2D eigenvalue weighted by Gasteiger charge is 2.22. The Balaban J connectivity index is 3.23. The monoisotopic (exact) mass is 266 g/mol. The van der Waals surface area contributed by atoms with Gasteiger partial charge in [-0.3, -0.25) is 0 Å². The first-order valence-electron chi connectivity index (χ1n) is 6.72. The highest BCUT2D eigenvalue weighted by molar-refractivity contribution is 5.48. The zero-order valence-corrected chi connectivity index (χ0v) is 12.6. The van der Waals surface area contributed by atoms with E-state index in [4.69, 9.17) is 15.2 Å². The molecule has 0 heterocycles. The van der Waals surface area contributed by atoms with Gasteiger partial charge in [0.2, 0.25) is 0 Å². The van der Waals surface area contributed by atoms with Gasteiger partial charge >= 0.3 is 0 Å². The Morgan fingerprint density at radius 1 is 1.21 bits per heavy atom. The molecular formula is C15H26N2O2. The third kappa shape index (κ3) is 3.39. The van der Waals surface area contributed by atoms with Crippen molar-refractivity contribution >= 4 is 0 Å². The van der Waals surface area contributed by atoms with Crippen LogP contribution in [-0.4, -0.2) is 27.8 Å². The minimum absolute atomic E-state index is 0.231. The van der Waals surface area contributed by atoms with Gasteiger partial charge < -0.3 is 20.5 Å². The lowest BCUT2D eigenvalue weighted by molar-refractivity contribution is 0.348. The molecule has 0 saturated carbocycles. The molecular weight excluding hydrogens is 240 g/mol. The van der Waals surface area contributed by atoms with Gasteiger partial charge in [-0.25, -0.2) is 0 Å². The summed E-state index contributed by atoms with van der Waals surface area (Å²) in [6.07, 6.45) is 1.04. The van der Waals surface area contributed by atoms with E-state index < -0.39 is 0 Å². The molecule has 1 aromatic carbocycles. The first kappa shape index (κ1) is 15.8.